The molecular weight excluding hydrogens is 531 g/mol. The maximum atomic E-state index is 13.0. The lowest BCUT2D eigenvalue weighted by molar-refractivity contribution is -0.119. The zero-order valence-electron chi connectivity index (χ0n) is 22.4. The number of piperidine rings is 1. The maximum Gasteiger partial charge on any atom is 0.323 e. The van der Waals surface area contributed by atoms with E-state index in [0.717, 1.165) is 12.8 Å². The van der Waals surface area contributed by atoms with Crippen molar-refractivity contribution in [2.45, 2.75) is 38.6 Å². The van der Waals surface area contributed by atoms with E-state index in [1.54, 1.807) is 59.6 Å². The highest BCUT2D eigenvalue weighted by molar-refractivity contribution is 7.80. The number of likely N-dealkylation sites (tertiary alicyclic amines) is 1. The van der Waals surface area contributed by atoms with Crippen LogP contribution in [0.3, 0.4) is 0 Å². The molecule has 40 heavy (non-hydrogen) atoms. The van der Waals surface area contributed by atoms with Crippen molar-refractivity contribution < 1.29 is 18.7 Å². The highest BCUT2D eigenvalue weighted by Gasteiger charge is 2.31. The number of carbonyl (C=O) groups is 2. The first-order chi connectivity index (χ1) is 19.0. The molecular formula is C29H33FN6O3S. The molecule has 3 aromatic rings. The molecule has 1 saturated heterocycles. The zero-order chi connectivity index (χ0) is 28.7. The third-order valence-corrected chi connectivity index (χ3v) is 6.88. The standard InChI is InChI=1S/C29H33FN6O3S/c1-29(2,31)20-12-15-36(16-13-20)28(38)34-25-18-24(11-14-32-25)39-23-9-7-22(8-10-23)33-27(40)35-26(37)17-19-3-5-21(30)6-4-19/h3-11,14,18,20H,12-13,15-17,31H2,1-2H3,(H,32,34,38)(H2,33,35,37,40). The van der Waals surface area contributed by atoms with Crippen LogP contribution < -0.4 is 26.4 Å². The first-order valence-electron chi connectivity index (χ1n) is 13.0. The number of rotatable bonds is 7. The number of ether oxygens (including phenoxy) is 1. The van der Waals surface area contributed by atoms with E-state index in [9.17, 15) is 14.0 Å². The first kappa shape index (κ1) is 28.9. The largest absolute Gasteiger partial charge is 0.457 e. The van der Waals surface area contributed by atoms with E-state index in [4.69, 9.17) is 22.7 Å². The van der Waals surface area contributed by atoms with Gasteiger partial charge in [0.05, 0.1) is 6.42 Å². The summed E-state index contributed by atoms with van der Waals surface area (Å²) in [6.45, 7) is 5.35. The molecule has 11 heteroatoms. The van der Waals surface area contributed by atoms with Crippen LogP contribution in [0.15, 0.2) is 66.9 Å². The Kier molecular flexibility index (Phi) is 9.28. The first-order valence-corrected chi connectivity index (χ1v) is 13.4. The second-order valence-corrected chi connectivity index (χ2v) is 10.7. The molecule has 0 unspecified atom stereocenters. The Hall–Kier alpha value is -4.09. The van der Waals surface area contributed by atoms with Crippen molar-refractivity contribution in [1.29, 1.82) is 0 Å². The van der Waals surface area contributed by atoms with Gasteiger partial charge in [0.15, 0.2) is 5.11 Å². The minimum Gasteiger partial charge on any atom is -0.457 e. The zero-order valence-corrected chi connectivity index (χ0v) is 23.3. The van der Waals surface area contributed by atoms with Crippen LogP contribution in [0.25, 0.3) is 0 Å². The van der Waals surface area contributed by atoms with Crippen molar-refractivity contribution in [3.8, 4) is 11.5 Å². The quantitative estimate of drug-likeness (QED) is 0.296. The van der Waals surface area contributed by atoms with Gasteiger partial charge in [0, 0.05) is 36.6 Å². The average Bonchev–Trinajstić information content (AvgIpc) is 2.91. The Labute approximate surface area is 238 Å². The van der Waals surface area contributed by atoms with Crippen LogP contribution in [0.4, 0.5) is 20.7 Å². The number of amides is 3. The highest BCUT2D eigenvalue weighted by atomic mass is 32.1. The lowest BCUT2D eigenvalue weighted by Gasteiger charge is -2.38. The number of aromatic nitrogens is 1. The fourth-order valence-corrected chi connectivity index (χ4v) is 4.65. The summed E-state index contributed by atoms with van der Waals surface area (Å²) in [6.07, 6.45) is 3.38. The molecule has 1 aromatic heterocycles. The third kappa shape index (κ3) is 8.45. The molecule has 9 nitrogen and oxygen atoms in total. The Balaban J connectivity index is 1.25. The summed E-state index contributed by atoms with van der Waals surface area (Å²) >= 11 is 5.22. The molecule has 5 N–H and O–H groups in total. The molecule has 1 fully saturated rings. The number of pyridine rings is 1. The second kappa shape index (κ2) is 12.8. The van der Waals surface area contributed by atoms with E-state index in [0.29, 0.717) is 47.6 Å². The Morgan fingerprint density at radius 3 is 2.38 bits per heavy atom. The number of nitrogens with zero attached hydrogens (tertiary/aromatic N) is 2. The smallest absolute Gasteiger partial charge is 0.323 e. The normalized spacial score (nSPS) is 13.8. The topological polar surface area (TPSA) is 122 Å². The molecule has 210 valence electrons. The van der Waals surface area contributed by atoms with Crippen molar-refractivity contribution in [2.24, 2.45) is 11.7 Å². The molecule has 1 aliphatic rings. The van der Waals surface area contributed by atoms with Gasteiger partial charge in [0.25, 0.3) is 0 Å². The molecule has 0 bridgehead atoms. The van der Waals surface area contributed by atoms with Gasteiger partial charge in [-0.25, -0.2) is 14.2 Å². The van der Waals surface area contributed by atoms with Crippen molar-refractivity contribution in [2.75, 3.05) is 23.7 Å². The number of benzene rings is 2. The Morgan fingerprint density at radius 2 is 1.73 bits per heavy atom. The lowest BCUT2D eigenvalue weighted by Crippen LogP contribution is -2.49. The van der Waals surface area contributed by atoms with Crippen molar-refractivity contribution >= 4 is 40.8 Å². The minimum absolute atomic E-state index is 0.0778. The molecule has 4 rings (SSSR count). The van der Waals surface area contributed by atoms with Gasteiger partial charge in [-0.05, 0) is 92.9 Å². The summed E-state index contributed by atoms with van der Waals surface area (Å²) < 4.78 is 19.0. The number of hydrogen-bond donors (Lipinski definition) is 4. The summed E-state index contributed by atoms with van der Waals surface area (Å²) in [6, 6.07) is 15.9. The highest BCUT2D eigenvalue weighted by Crippen LogP contribution is 2.27. The van der Waals surface area contributed by atoms with Gasteiger partial charge >= 0.3 is 6.03 Å². The predicted octanol–water partition coefficient (Wildman–Crippen LogP) is 5.05. The summed E-state index contributed by atoms with van der Waals surface area (Å²) in [5, 5.41) is 8.54. The van der Waals surface area contributed by atoms with Crippen LogP contribution in [-0.2, 0) is 11.2 Å². The number of halogens is 1. The number of urea groups is 1. The third-order valence-electron chi connectivity index (χ3n) is 6.68. The lowest BCUT2D eigenvalue weighted by atomic mass is 9.81. The van der Waals surface area contributed by atoms with E-state index in [2.05, 4.69) is 20.9 Å². The fourth-order valence-electron chi connectivity index (χ4n) is 4.42. The Bertz CT molecular complexity index is 1340. The van der Waals surface area contributed by atoms with Crippen molar-refractivity contribution in [3.05, 3.63) is 78.2 Å². The maximum absolute atomic E-state index is 13.0. The number of thiocarbonyl (C=S) groups is 1. The number of nitrogens with two attached hydrogens (primary N) is 1. The predicted molar refractivity (Wildman–Crippen MR) is 157 cm³/mol. The average molecular weight is 565 g/mol. The van der Waals surface area contributed by atoms with Crippen molar-refractivity contribution in [1.82, 2.24) is 15.2 Å². The molecule has 1 aliphatic heterocycles. The van der Waals surface area contributed by atoms with E-state index in [1.165, 1.54) is 12.1 Å². The summed E-state index contributed by atoms with van der Waals surface area (Å²) in [5.74, 6) is 1.18. The van der Waals surface area contributed by atoms with E-state index < -0.39 is 0 Å². The van der Waals surface area contributed by atoms with Crippen LogP contribution in [0, 0.1) is 11.7 Å². The molecule has 0 atom stereocenters. The van der Waals surface area contributed by atoms with Crippen LogP contribution in [0.2, 0.25) is 0 Å². The van der Waals surface area contributed by atoms with Gasteiger partial charge in [-0.2, -0.15) is 0 Å². The molecule has 2 aromatic carbocycles. The van der Waals surface area contributed by atoms with Crippen molar-refractivity contribution in [3.63, 3.8) is 0 Å². The molecule has 0 radical (unpaired) electrons. The number of carbonyl (C=O) groups excluding carboxylic acids is 2. The van der Waals surface area contributed by atoms with Gasteiger partial charge in [0.1, 0.15) is 23.1 Å². The number of anilines is 2. The fraction of sp³-hybridized carbons (Fsp3) is 0.310. The molecule has 3 amide bonds. The molecule has 2 heterocycles. The number of nitrogens with one attached hydrogen (secondary N) is 3. The van der Waals surface area contributed by atoms with E-state index >= 15 is 0 Å². The van der Waals surface area contributed by atoms with Gasteiger partial charge in [-0.1, -0.05) is 12.1 Å². The Morgan fingerprint density at radius 1 is 1.05 bits per heavy atom. The molecule has 0 spiro atoms. The van der Waals surface area contributed by atoms with E-state index in [1.807, 2.05) is 13.8 Å². The van der Waals surface area contributed by atoms with Gasteiger partial charge in [-0.3, -0.25) is 10.1 Å². The van der Waals surface area contributed by atoms with E-state index in [-0.39, 0.29) is 34.8 Å². The van der Waals surface area contributed by atoms with Crippen LogP contribution in [0.5, 0.6) is 11.5 Å². The minimum atomic E-state index is -0.358. The molecule has 0 aliphatic carbocycles. The van der Waals surface area contributed by atoms with Gasteiger partial charge in [-0.15, -0.1) is 0 Å². The summed E-state index contributed by atoms with van der Waals surface area (Å²) in [7, 11) is 0. The summed E-state index contributed by atoms with van der Waals surface area (Å²) in [4.78, 5) is 30.9. The van der Waals surface area contributed by atoms with Crippen LogP contribution in [0.1, 0.15) is 32.3 Å². The SMILES string of the molecule is CC(C)(N)C1CCN(C(=O)Nc2cc(Oc3ccc(NC(=S)NC(=O)Cc4ccc(F)cc4)cc3)ccn2)CC1. The second-order valence-electron chi connectivity index (χ2n) is 10.3. The number of hydrogen-bond acceptors (Lipinski definition) is 6. The monoisotopic (exact) mass is 564 g/mol. The van der Waals surface area contributed by atoms with Crippen LogP contribution in [-0.4, -0.2) is 45.6 Å². The molecule has 0 saturated carbocycles. The van der Waals surface area contributed by atoms with Gasteiger partial charge in [0.2, 0.25) is 5.91 Å². The van der Waals surface area contributed by atoms with Gasteiger partial charge < -0.3 is 26.0 Å². The van der Waals surface area contributed by atoms with Crippen LogP contribution >= 0.6 is 12.2 Å². The summed E-state index contributed by atoms with van der Waals surface area (Å²) in [5.41, 5.74) is 7.32.